The molecule has 0 atom stereocenters. The largest absolute Gasteiger partial charge is 0.498 e. The van der Waals surface area contributed by atoms with Crippen LogP contribution in [0.4, 0.5) is 0 Å². The van der Waals surface area contributed by atoms with Gasteiger partial charge in [0.1, 0.15) is 5.01 Å². The Balaban J connectivity index is 2.48. The molecule has 0 bridgehead atoms. The van der Waals surface area contributed by atoms with Gasteiger partial charge in [0, 0.05) is 6.20 Å². The Bertz CT molecular complexity index is 391. The van der Waals surface area contributed by atoms with E-state index in [2.05, 4.69) is 9.97 Å². The first-order valence-corrected chi connectivity index (χ1v) is 4.67. The number of hydrogen-bond donors (Lipinski definition) is 1. The normalized spacial score (nSPS) is 10.2. The second kappa shape index (κ2) is 3.14. The van der Waals surface area contributed by atoms with Crippen molar-refractivity contribution in [3.63, 3.8) is 0 Å². The van der Waals surface area contributed by atoms with Crippen molar-refractivity contribution >= 4 is 11.3 Å². The summed E-state index contributed by atoms with van der Waals surface area (Å²) in [6.07, 6.45) is 1.71. The molecule has 0 unspecified atom stereocenters. The van der Waals surface area contributed by atoms with Crippen molar-refractivity contribution in [2.45, 2.75) is 6.92 Å². The highest BCUT2D eigenvalue weighted by molar-refractivity contribution is 7.16. The Morgan fingerprint density at radius 1 is 1.38 bits per heavy atom. The molecule has 66 valence electrons. The number of nitrogens with zero attached hydrogens (tertiary/aromatic N) is 2. The van der Waals surface area contributed by atoms with Gasteiger partial charge in [-0.2, -0.15) is 0 Å². The summed E-state index contributed by atoms with van der Waals surface area (Å²) in [5.74, 6) is 0. The van der Waals surface area contributed by atoms with Crippen molar-refractivity contribution in [1.29, 1.82) is 0 Å². The first-order valence-electron chi connectivity index (χ1n) is 3.85. The molecule has 4 heteroatoms. The molecule has 13 heavy (non-hydrogen) atoms. The zero-order valence-corrected chi connectivity index (χ0v) is 7.88. The first-order chi connectivity index (χ1) is 6.27. The van der Waals surface area contributed by atoms with Crippen molar-refractivity contribution in [2.75, 3.05) is 0 Å². The van der Waals surface area contributed by atoms with Crippen LogP contribution in [0.15, 0.2) is 24.4 Å². The zero-order valence-electron chi connectivity index (χ0n) is 7.06. The van der Waals surface area contributed by atoms with Crippen LogP contribution in [0.5, 0.6) is 5.06 Å². The molecule has 0 saturated carbocycles. The molecule has 0 aromatic carbocycles. The van der Waals surface area contributed by atoms with Gasteiger partial charge in [0.25, 0.3) is 0 Å². The highest BCUT2D eigenvalue weighted by atomic mass is 32.1. The van der Waals surface area contributed by atoms with Gasteiger partial charge in [0.2, 0.25) is 0 Å². The molecule has 0 aliphatic heterocycles. The summed E-state index contributed by atoms with van der Waals surface area (Å²) in [6, 6.07) is 5.62. The molecular formula is C9H8N2OS. The molecule has 2 aromatic rings. The maximum atomic E-state index is 9.33. The fourth-order valence-electron chi connectivity index (χ4n) is 0.987. The summed E-state index contributed by atoms with van der Waals surface area (Å²) in [5, 5.41) is 10.4. The predicted molar refractivity (Wildman–Crippen MR) is 51.7 cm³/mol. The average molecular weight is 192 g/mol. The van der Waals surface area contributed by atoms with Crippen LogP contribution in [0, 0.1) is 6.92 Å². The lowest BCUT2D eigenvalue weighted by Gasteiger charge is -1.91. The highest BCUT2D eigenvalue weighted by Gasteiger charge is 2.07. The van der Waals surface area contributed by atoms with E-state index in [4.69, 9.17) is 0 Å². The van der Waals surface area contributed by atoms with E-state index in [-0.39, 0.29) is 5.06 Å². The molecule has 2 aromatic heterocycles. The van der Waals surface area contributed by atoms with Crippen molar-refractivity contribution in [3.05, 3.63) is 30.1 Å². The van der Waals surface area contributed by atoms with E-state index in [1.165, 1.54) is 11.3 Å². The number of aromatic nitrogens is 2. The predicted octanol–water partition coefficient (Wildman–Crippen LogP) is 2.22. The van der Waals surface area contributed by atoms with E-state index < -0.39 is 0 Å². The molecule has 1 N–H and O–H groups in total. The third-order valence-corrected chi connectivity index (χ3v) is 2.64. The van der Waals surface area contributed by atoms with Gasteiger partial charge in [-0.1, -0.05) is 17.4 Å². The van der Waals surface area contributed by atoms with E-state index in [0.717, 1.165) is 10.7 Å². The molecule has 2 heterocycles. The van der Waals surface area contributed by atoms with Gasteiger partial charge >= 0.3 is 0 Å². The Hall–Kier alpha value is -1.42. The molecule has 2 rings (SSSR count). The smallest absolute Gasteiger partial charge is 0.195 e. The van der Waals surface area contributed by atoms with Gasteiger partial charge in [-0.25, -0.2) is 4.98 Å². The van der Waals surface area contributed by atoms with E-state index in [1.54, 1.807) is 13.1 Å². The Morgan fingerprint density at radius 2 is 2.23 bits per heavy atom. The van der Waals surface area contributed by atoms with Crippen molar-refractivity contribution in [1.82, 2.24) is 9.97 Å². The van der Waals surface area contributed by atoms with Gasteiger partial charge in [-0.05, 0) is 19.1 Å². The maximum Gasteiger partial charge on any atom is 0.195 e. The number of pyridine rings is 1. The van der Waals surface area contributed by atoms with Crippen LogP contribution >= 0.6 is 11.3 Å². The maximum absolute atomic E-state index is 9.33. The Labute approximate surface area is 79.7 Å². The summed E-state index contributed by atoms with van der Waals surface area (Å²) in [4.78, 5) is 8.33. The molecule has 0 radical (unpaired) electrons. The number of aromatic hydroxyl groups is 1. The number of thiazole rings is 1. The van der Waals surface area contributed by atoms with Crippen molar-refractivity contribution in [3.8, 4) is 15.8 Å². The van der Waals surface area contributed by atoms with Gasteiger partial charge in [-0.15, -0.1) is 0 Å². The Morgan fingerprint density at radius 3 is 2.77 bits per heavy atom. The van der Waals surface area contributed by atoms with Gasteiger partial charge < -0.3 is 5.11 Å². The molecule has 0 saturated heterocycles. The van der Waals surface area contributed by atoms with E-state index in [1.807, 2.05) is 18.2 Å². The molecule has 0 aliphatic rings. The number of rotatable bonds is 1. The fourth-order valence-corrected chi connectivity index (χ4v) is 1.77. The van der Waals surface area contributed by atoms with Crippen molar-refractivity contribution in [2.24, 2.45) is 0 Å². The minimum atomic E-state index is 0.264. The lowest BCUT2D eigenvalue weighted by Crippen LogP contribution is -1.80. The summed E-state index contributed by atoms with van der Waals surface area (Å²) in [5.41, 5.74) is 1.46. The lowest BCUT2D eigenvalue weighted by molar-refractivity contribution is 0.485. The van der Waals surface area contributed by atoms with Crippen LogP contribution in [-0.4, -0.2) is 15.1 Å². The number of hydrogen-bond acceptors (Lipinski definition) is 4. The quantitative estimate of drug-likeness (QED) is 0.753. The van der Waals surface area contributed by atoms with Crippen LogP contribution < -0.4 is 0 Å². The average Bonchev–Trinajstić information content (AvgIpc) is 2.49. The molecule has 3 nitrogen and oxygen atoms in total. The third-order valence-electron chi connectivity index (χ3n) is 1.66. The fraction of sp³-hybridized carbons (Fsp3) is 0.111. The summed E-state index contributed by atoms with van der Waals surface area (Å²) in [7, 11) is 0. The lowest BCUT2D eigenvalue weighted by atomic mass is 10.4. The van der Waals surface area contributed by atoms with Crippen LogP contribution in [-0.2, 0) is 0 Å². The van der Waals surface area contributed by atoms with Crippen LogP contribution in [0.2, 0.25) is 0 Å². The van der Waals surface area contributed by atoms with E-state index in [9.17, 15) is 5.11 Å². The van der Waals surface area contributed by atoms with Gasteiger partial charge in [-0.3, -0.25) is 4.98 Å². The summed E-state index contributed by atoms with van der Waals surface area (Å²) in [6.45, 7) is 1.78. The molecule has 0 spiro atoms. The zero-order chi connectivity index (χ0) is 9.26. The Kier molecular flexibility index (Phi) is 1.98. The van der Waals surface area contributed by atoms with Gasteiger partial charge in [0.05, 0.1) is 11.4 Å². The van der Waals surface area contributed by atoms with Gasteiger partial charge in [0.15, 0.2) is 5.06 Å². The third kappa shape index (κ3) is 1.53. The van der Waals surface area contributed by atoms with Crippen LogP contribution in [0.1, 0.15) is 5.69 Å². The summed E-state index contributed by atoms with van der Waals surface area (Å²) >= 11 is 1.25. The molecule has 0 aliphatic carbocycles. The molecular weight excluding hydrogens is 184 g/mol. The highest BCUT2D eigenvalue weighted by Crippen LogP contribution is 2.30. The van der Waals surface area contributed by atoms with Crippen LogP contribution in [0.25, 0.3) is 10.7 Å². The van der Waals surface area contributed by atoms with E-state index in [0.29, 0.717) is 5.69 Å². The van der Waals surface area contributed by atoms with Crippen molar-refractivity contribution < 1.29 is 5.11 Å². The molecule has 0 amide bonds. The first kappa shape index (κ1) is 8.19. The number of aryl methyl sites for hydroxylation is 1. The standard InChI is InChI=1S/C9H8N2OS/c1-6-9(12)13-8(11-6)7-4-2-3-5-10-7/h2-5,12H,1H3. The topological polar surface area (TPSA) is 46.0 Å². The second-order valence-corrected chi connectivity index (χ2v) is 3.60. The molecule has 0 fully saturated rings. The monoisotopic (exact) mass is 192 g/mol. The van der Waals surface area contributed by atoms with Crippen LogP contribution in [0.3, 0.4) is 0 Å². The minimum absolute atomic E-state index is 0.264. The van der Waals surface area contributed by atoms with E-state index >= 15 is 0 Å². The second-order valence-electron chi connectivity index (χ2n) is 2.62. The SMILES string of the molecule is Cc1nc(-c2ccccn2)sc1O. The minimum Gasteiger partial charge on any atom is -0.498 e. The summed E-state index contributed by atoms with van der Waals surface area (Å²) < 4.78 is 0.